The number of benzene rings is 1. The van der Waals surface area contributed by atoms with Crippen molar-refractivity contribution in [3.05, 3.63) is 42.2 Å². The zero-order valence-electron chi connectivity index (χ0n) is 22.3. The summed E-state index contributed by atoms with van der Waals surface area (Å²) >= 11 is 0. The highest BCUT2D eigenvalue weighted by molar-refractivity contribution is 7.85. The van der Waals surface area contributed by atoms with Crippen molar-refractivity contribution in [3.63, 3.8) is 0 Å². The van der Waals surface area contributed by atoms with E-state index in [2.05, 4.69) is 20.3 Å². The third-order valence-electron chi connectivity index (χ3n) is 7.09. The van der Waals surface area contributed by atoms with E-state index in [-0.39, 0.29) is 30.4 Å². The lowest BCUT2D eigenvalue weighted by molar-refractivity contribution is -0.198. The quantitative estimate of drug-likeness (QED) is 0.396. The lowest BCUT2D eigenvalue weighted by Crippen LogP contribution is -2.33. The van der Waals surface area contributed by atoms with Crippen LogP contribution in [0.1, 0.15) is 56.1 Å². The molecule has 3 aromatic rings. The molecule has 40 heavy (non-hydrogen) atoms. The number of carbonyl (C=O) groups is 1. The van der Waals surface area contributed by atoms with E-state index in [0.717, 1.165) is 31.9 Å². The Morgan fingerprint density at radius 2 is 1.85 bits per heavy atom. The molecule has 2 aliphatic heterocycles. The molecule has 1 saturated carbocycles. The monoisotopic (exact) mass is 573 g/mol. The van der Waals surface area contributed by atoms with Gasteiger partial charge in [-0.25, -0.2) is 4.98 Å². The number of hydrogen-bond acceptors (Lipinski definition) is 11. The van der Waals surface area contributed by atoms with Gasteiger partial charge in [0.25, 0.3) is 16.0 Å². The number of nitrogens with zero attached hydrogens (tertiary/aromatic N) is 4. The Morgan fingerprint density at radius 3 is 2.58 bits per heavy atom. The van der Waals surface area contributed by atoms with Gasteiger partial charge in [0.2, 0.25) is 0 Å². The minimum absolute atomic E-state index is 0.0245. The number of amides is 1. The predicted molar refractivity (Wildman–Crippen MR) is 141 cm³/mol. The van der Waals surface area contributed by atoms with Gasteiger partial charge in [0.1, 0.15) is 24.4 Å². The average Bonchev–Trinajstić information content (AvgIpc) is 3.67. The number of imidazole rings is 1. The average molecular weight is 574 g/mol. The summed E-state index contributed by atoms with van der Waals surface area (Å²) in [5.74, 6) is -1.09. The van der Waals surface area contributed by atoms with Crippen molar-refractivity contribution >= 4 is 33.0 Å². The second kappa shape index (κ2) is 10.3. The van der Waals surface area contributed by atoms with Gasteiger partial charge in [-0.15, -0.1) is 0 Å². The summed E-state index contributed by atoms with van der Waals surface area (Å²) < 4.78 is 54.6. The molecule has 0 spiro atoms. The van der Waals surface area contributed by atoms with Crippen molar-refractivity contribution < 1.29 is 36.3 Å². The molecule has 0 radical (unpaired) electrons. The van der Waals surface area contributed by atoms with Crippen LogP contribution in [0.15, 0.2) is 36.7 Å². The molecular formula is C26H31N5O8S. The SMILES string of the molecule is CC1(C)O[C@@H]2[C@H](O1)[C@@H](COS(C)(=O)=O)O[C@H]2n1cnc2c(NC(=O)c3ccccc3)nc(OC3CCCC3)nc21. The second-order valence-corrected chi connectivity index (χ2v) is 12.3. The summed E-state index contributed by atoms with van der Waals surface area (Å²) in [7, 11) is -3.71. The summed E-state index contributed by atoms with van der Waals surface area (Å²) in [5.41, 5.74) is 1.15. The van der Waals surface area contributed by atoms with Crippen LogP contribution in [0.25, 0.3) is 11.2 Å². The van der Waals surface area contributed by atoms with Gasteiger partial charge in [-0.2, -0.15) is 18.4 Å². The fourth-order valence-corrected chi connectivity index (χ4v) is 5.74. The summed E-state index contributed by atoms with van der Waals surface area (Å²) in [5, 5.41) is 2.85. The molecule has 1 aliphatic carbocycles. The highest BCUT2D eigenvalue weighted by Gasteiger charge is 2.56. The standard InChI is InChI=1S/C26H31N5O8S/c1-26(2)38-19-17(13-35-40(3,33)34)37-24(20(19)39-26)31-14-27-18-21(28-23(32)15-9-5-4-6-10-15)29-25(30-22(18)31)36-16-11-7-8-12-16/h4-6,9-10,14,16-17,19-20,24H,7-8,11-13H2,1-3H3,(H,28,29,30,32)/t17-,19-,20-,24-/m1/s1. The van der Waals surface area contributed by atoms with Crippen LogP contribution >= 0.6 is 0 Å². The number of anilines is 1. The first-order valence-electron chi connectivity index (χ1n) is 13.2. The van der Waals surface area contributed by atoms with Gasteiger partial charge in [0, 0.05) is 5.56 Å². The van der Waals surface area contributed by atoms with Gasteiger partial charge in [-0.05, 0) is 51.7 Å². The first kappa shape index (κ1) is 27.0. The van der Waals surface area contributed by atoms with Crippen LogP contribution in [0.3, 0.4) is 0 Å². The van der Waals surface area contributed by atoms with Crippen LogP contribution in [-0.2, 0) is 28.5 Å². The van der Waals surface area contributed by atoms with Crippen molar-refractivity contribution in [1.82, 2.24) is 19.5 Å². The number of fused-ring (bicyclic) bond motifs is 2. The van der Waals surface area contributed by atoms with Crippen molar-refractivity contribution in [3.8, 4) is 6.01 Å². The predicted octanol–water partition coefficient (Wildman–Crippen LogP) is 2.79. The minimum atomic E-state index is -3.71. The van der Waals surface area contributed by atoms with E-state index in [4.69, 9.17) is 23.1 Å². The van der Waals surface area contributed by atoms with E-state index >= 15 is 0 Å². The van der Waals surface area contributed by atoms with E-state index in [1.54, 1.807) is 42.7 Å². The normalized spacial score (nSPS) is 26.3. The number of rotatable bonds is 8. The molecule has 6 rings (SSSR count). The Morgan fingerprint density at radius 1 is 1.12 bits per heavy atom. The van der Waals surface area contributed by atoms with Crippen molar-refractivity contribution in [2.75, 3.05) is 18.2 Å². The smallest absolute Gasteiger partial charge is 0.320 e. The van der Waals surface area contributed by atoms with E-state index in [9.17, 15) is 13.2 Å². The molecule has 14 heteroatoms. The maximum absolute atomic E-state index is 13.0. The second-order valence-electron chi connectivity index (χ2n) is 10.6. The van der Waals surface area contributed by atoms with Gasteiger partial charge in [-0.1, -0.05) is 18.2 Å². The molecule has 0 unspecified atom stereocenters. The Kier molecular flexibility index (Phi) is 6.99. The van der Waals surface area contributed by atoms with Crippen molar-refractivity contribution in [2.45, 2.75) is 76.0 Å². The van der Waals surface area contributed by atoms with Crippen LogP contribution in [0.4, 0.5) is 5.82 Å². The first-order chi connectivity index (χ1) is 19.1. The lowest BCUT2D eigenvalue weighted by Gasteiger charge is -2.24. The zero-order chi connectivity index (χ0) is 28.1. The molecule has 1 N–H and O–H groups in total. The summed E-state index contributed by atoms with van der Waals surface area (Å²) in [6.07, 6.45) is 3.64. The number of hydrogen-bond donors (Lipinski definition) is 1. The number of aromatic nitrogens is 4. The Bertz CT molecular complexity index is 1510. The molecule has 0 bridgehead atoms. The summed E-state index contributed by atoms with van der Waals surface area (Å²) in [6, 6.07) is 8.89. The highest BCUT2D eigenvalue weighted by atomic mass is 32.2. The largest absolute Gasteiger partial charge is 0.460 e. The Balaban J connectivity index is 1.37. The van der Waals surface area contributed by atoms with Gasteiger partial charge in [-0.3, -0.25) is 13.5 Å². The van der Waals surface area contributed by atoms with Crippen LogP contribution in [0, 0.1) is 0 Å². The molecule has 1 aromatic carbocycles. The van der Waals surface area contributed by atoms with Gasteiger partial charge >= 0.3 is 6.01 Å². The summed E-state index contributed by atoms with van der Waals surface area (Å²) in [6.45, 7) is 3.30. The van der Waals surface area contributed by atoms with Crippen LogP contribution in [-0.4, -0.2) is 76.9 Å². The summed E-state index contributed by atoms with van der Waals surface area (Å²) in [4.78, 5) is 26.7. The fourth-order valence-electron chi connectivity index (χ4n) is 5.36. The number of ether oxygens (including phenoxy) is 4. The third-order valence-corrected chi connectivity index (χ3v) is 7.65. The first-order valence-corrected chi connectivity index (χ1v) is 15.0. The highest BCUT2D eigenvalue weighted by Crippen LogP contribution is 2.44. The maximum atomic E-state index is 13.0. The molecule has 3 aliphatic rings. The maximum Gasteiger partial charge on any atom is 0.320 e. The fraction of sp³-hybridized carbons (Fsp3) is 0.538. The van der Waals surface area contributed by atoms with E-state index in [1.165, 1.54) is 6.33 Å². The van der Waals surface area contributed by atoms with Gasteiger partial charge in [0.05, 0.1) is 19.2 Å². The van der Waals surface area contributed by atoms with Crippen molar-refractivity contribution in [2.24, 2.45) is 0 Å². The molecule has 4 heterocycles. The van der Waals surface area contributed by atoms with E-state index in [1.807, 2.05) is 6.07 Å². The topological polar surface area (TPSA) is 153 Å². The molecule has 13 nitrogen and oxygen atoms in total. The van der Waals surface area contributed by atoms with E-state index < -0.39 is 40.4 Å². The molecule has 1 amide bonds. The molecular weight excluding hydrogens is 542 g/mol. The van der Waals surface area contributed by atoms with Gasteiger partial charge < -0.3 is 24.3 Å². The molecule has 2 aromatic heterocycles. The Hall–Kier alpha value is -3.17. The third kappa shape index (κ3) is 5.54. The lowest BCUT2D eigenvalue weighted by atomic mass is 10.1. The van der Waals surface area contributed by atoms with E-state index in [0.29, 0.717) is 16.7 Å². The van der Waals surface area contributed by atoms with Crippen LogP contribution in [0.2, 0.25) is 0 Å². The molecule has 3 fully saturated rings. The van der Waals surface area contributed by atoms with Crippen LogP contribution < -0.4 is 10.1 Å². The molecule has 214 valence electrons. The molecule has 2 saturated heterocycles. The Labute approximate surface area is 231 Å². The number of nitrogens with one attached hydrogen (secondary N) is 1. The number of carbonyl (C=O) groups excluding carboxylic acids is 1. The van der Waals surface area contributed by atoms with Gasteiger partial charge in [0.15, 0.2) is 29.0 Å². The van der Waals surface area contributed by atoms with Crippen molar-refractivity contribution in [1.29, 1.82) is 0 Å². The van der Waals surface area contributed by atoms with Crippen LogP contribution in [0.5, 0.6) is 6.01 Å². The zero-order valence-corrected chi connectivity index (χ0v) is 23.2. The minimum Gasteiger partial charge on any atom is -0.460 e. The molecule has 4 atom stereocenters.